The van der Waals surface area contributed by atoms with Crippen molar-refractivity contribution in [3.8, 4) is 22.6 Å². The van der Waals surface area contributed by atoms with Crippen LogP contribution in [0.2, 0.25) is 0 Å². The molecule has 3 nitrogen and oxygen atoms in total. The molecular weight excluding hydrogens is 404 g/mol. The number of benzene rings is 2. The second-order valence-electron chi connectivity index (χ2n) is 6.22. The topological polar surface area (TPSA) is 38.7 Å². The highest BCUT2D eigenvalue weighted by Crippen LogP contribution is 2.26. The third-order valence-electron chi connectivity index (χ3n) is 4.47. The highest BCUT2D eigenvalue weighted by atomic mass is 79.9. The van der Waals surface area contributed by atoms with Crippen molar-refractivity contribution < 1.29 is 0 Å². The summed E-state index contributed by atoms with van der Waals surface area (Å²) in [5, 5.41) is 0. The average Bonchev–Trinajstić information content (AvgIpc) is 2.70. The average molecular weight is 411 g/mol. The summed E-state index contributed by atoms with van der Waals surface area (Å²) in [4.78, 5) is 13.8. The van der Waals surface area contributed by atoms with Crippen LogP contribution in [-0.4, -0.2) is 54.2 Å². The fraction of sp³-hybridized carbons (Fsp3) is 0. The first-order valence-corrected chi connectivity index (χ1v) is 9.08. The molecule has 2 heterocycles. The van der Waals surface area contributed by atoms with E-state index in [1.54, 1.807) is 12.3 Å². The van der Waals surface area contributed by atoms with Gasteiger partial charge >= 0.3 is 0 Å². The third-order valence-corrected chi connectivity index (χ3v) is 4.97. The zero-order valence-corrected chi connectivity index (χ0v) is 16.2. The minimum Gasteiger partial charge on any atom is -0.252 e. The Morgan fingerprint density at radius 2 is 1.43 bits per heavy atom. The maximum absolute atomic E-state index is 6.25. The Morgan fingerprint density at radius 1 is 0.750 bits per heavy atom. The van der Waals surface area contributed by atoms with E-state index in [0.29, 0.717) is 28.1 Å². The molecule has 0 N–H and O–H groups in total. The Kier molecular flexibility index (Phi) is 4.96. The van der Waals surface area contributed by atoms with Crippen LogP contribution in [0.15, 0.2) is 47.1 Å². The molecule has 0 saturated heterocycles. The Morgan fingerprint density at radius 3 is 2.11 bits per heavy atom. The van der Waals surface area contributed by atoms with Gasteiger partial charge in [-0.15, -0.1) is 16.4 Å². The van der Waals surface area contributed by atoms with Gasteiger partial charge in [-0.1, -0.05) is 39.0 Å². The Bertz CT molecular complexity index is 1220. The molecule has 0 saturated carbocycles. The van der Waals surface area contributed by atoms with E-state index < -0.39 is 0 Å². The van der Waals surface area contributed by atoms with Gasteiger partial charge in [0.05, 0.1) is 11.2 Å². The summed E-state index contributed by atoms with van der Waals surface area (Å²) in [5.74, 6) is 0.490. The number of rotatable bonds is 2. The Hall–Kier alpha value is -2.27. The predicted octanol–water partition coefficient (Wildman–Crippen LogP) is -0.910. The lowest BCUT2D eigenvalue weighted by atomic mass is 9.60. The highest BCUT2D eigenvalue weighted by Gasteiger charge is 2.18. The van der Waals surface area contributed by atoms with Gasteiger partial charge in [0, 0.05) is 16.2 Å². The number of hydrogen-bond donors (Lipinski definition) is 0. The summed E-state index contributed by atoms with van der Waals surface area (Å²) in [5.41, 5.74) is 3.69. The van der Waals surface area contributed by atoms with Gasteiger partial charge in [0.1, 0.15) is 44.7 Å². The molecule has 9 heteroatoms. The van der Waals surface area contributed by atoms with Crippen LogP contribution in [0.1, 0.15) is 0 Å². The third kappa shape index (κ3) is 3.12. The van der Waals surface area contributed by atoms with Crippen LogP contribution in [0.4, 0.5) is 0 Å². The number of pyridine rings is 1. The van der Waals surface area contributed by atoms with Gasteiger partial charge in [0.2, 0.25) is 0 Å². The van der Waals surface area contributed by atoms with Crippen LogP contribution < -0.4 is 27.3 Å². The largest absolute Gasteiger partial charge is 0.252 e. The monoisotopic (exact) mass is 411 g/mol. The molecule has 0 aliphatic heterocycles. The van der Waals surface area contributed by atoms with E-state index in [1.807, 2.05) is 30.3 Å². The Balaban J connectivity index is 2.11. The molecule has 28 heavy (non-hydrogen) atoms. The quantitative estimate of drug-likeness (QED) is 0.401. The van der Waals surface area contributed by atoms with Crippen LogP contribution in [0.5, 0.6) is 0 Å². The van der Waals surface area contributed by atoms with E-state index in [0.717, 1.165) is 10.0 Å². The molecule has 0 fully saturated rings. The molecule has 0 amide bonds. The molecule has 4 rings (SSSR count). The van der Waals surface area contributed by atoms with E-state index in [1.165, 1.54) is 0 Å². The molecule has 0 aliphatic carbocycles. The summed E-state index contributed by atoms with van der Waals surface area (Å²) in [6, 6.07) is 11.3. The molecule has 0 spiro atoms. The first kappa shape index (κ1) is 19.1. The van der Waals surface area contributed by atoms with E-state index in [2.05, 4.69) is 25.9 Å². The molecular formula is C19H7B5BrN3. The van der Waals surface area contributed by atoms with Gasteiger partial charge < -0.3 is 0 Å². The normalized spacial score (nSPS) is 11.0. The summed E-state index contributed by atoms with van der Waals surface area (Å²) >= 11 is 3.47. The van der Waals surface area contributed by atoms with Crippen LogP contribution in [0.25, 0.3) is 33.7 Å². The first-order valence-electron chi connectivity index (χ1n) is 8.29. The van der Waals surface area contributed by atoms with Gasteiger partial charge in [-0.05, 0) is 29.8 Å². The zero-order chi connectivity index (χ0) is 20.0. The smallest absolute Gasteiger partial charge is 0.160 e. The minimum atomic E-state index is 0.150. The Labute approximate surface area is 178 Å². The van der Waals surface area contributed by atoms with Crippen molar-refractivity contribution in [2.45, 2.75) is 0 Å². The first-order chi connectivity index (χ1) is 13.4. The fourth-order valence-electron chi connectivity index (χ4n) is 3.00. The predicted molar refractivity (Wildman–Crippen MR) is 123 cm³/mol. The van der Waals surface area contributed by atoms with Gasteiger partial charge in [-0.2, -0.15) is 0 Å². The van der Waals surface area contributed by atoms with Crippen LogP contribution in [-0.2, 0) is 0 Å². The molecule has 0 unspecified atom stereocenters. The van der Waals surface area contributed by atoms with Gasteiger partial charge in [0.15, 0.2) is 5.82 Å². The number of hydrogen-bond acceptors (Lipinski definition) is 3. The van der Waals surface area contributed by atoms with Crippen molar-refractivity contribution in [1.82, 2.24) is 15.0 Å². The molecule has 10 radical (unpaired) electrons. The molecule has 0 atom stereocenters. The van der Waals surface area contributed by atoms with Crippen LogP contribution in [0, 0.1) is 0 Å². The lowest BCUT2D eigenvalue weighted by Gasteiger charge is -2.21. The summed E-state index contributed by atoms with van der Waals surface area (Å²) in [6.07, 6.45) is 1.64. The zero-order valence-electron chi connectivity index (χ0n) is 14.6. The highest BCUT2D eigenvalue weighted by molar-refractivity contribution is 9.10. The van der Waals surface area contributed by atoms with E-state index in [9.17, 15) is 0 Å². The van der Waals surface area contributed by atoms with Crippen molar-refractivity contribution in [2.24, 2.45) is 0 Å². The molecule has 4 aromatic rings. The fourth-order valence-corrected chi connectivity index (χ4v) is 3.40. The van der Waals surface area contributed by atoms with Crippen molar-refractivity contribution in [3.05, 3.63) is 47.1 Å². The maximum Gasteiger partial charge on any atom is 0.160 e. The second-order valence-corrected chi connectivity index (χ2v) is 7.14. The van der Waals surface area contributed by atoms with E-state index in [-0.39, 0.29) is 27.3 Å². The molecule has 2 aromatic carbocycles. The van der Waals surface area contributed by atoms with Crippen LogP contribution in [0.3, 0.4) is 0 Å². The van der Waals surface area contributed by atoms with E-state index in [4.69, 9.17) is 44.2 Å². The number of aromatic nitrogens is 3. The minimum absolute atomic E-state index is 0.150. The number of halogens is 1. The standard InChI is InChI=1S/C19H7B5BrN3/c20-12-11(13(21)15(23)16(24)14(12)22)18-17-10(5-2-6-26-17)27-19(28-18)8-3-1-4-9(25)7-8/h1-7H. The number of nitrogens with zero attached hydrogens (tertiary/aromatic N) is 3. The lowest BCUT2D eigenvalue weighted by Crippen LogP contribution is -2.55. The van der Waals surface area contributed by atoms with E-state index >= 15 is 0 Å². The van der Waals surface area contributed by atoms with Crippen molar-refractivity contribution >= 4 is 93.5 Å². The summed E-state index contributed by atoms with van der Waals surface area (Å²) < 4.78 is 0.904. The van der Waals surface area contributed by atoms with Crippen molar-refractivity contribution in [1.29, 1.82) is 0 Å². The summed E-state index contributed by atoms with van der Waals surface area (Å²) in [7, 11) is 30.5. The molecule has 0 aliphatic rings. The molecule has 0 bridgehead atoms. The van der Waals surface area contributed by atoms with Crippen molar-refractivity contribution in [3.63, 3.8) is 0 Å². The SMILES string of the molecule is [B]c1c([B])c([B])c(-c2nc(-c3cccc(Br)c3)nc3cccnc23)c([B])c1[B]. The molecule has 120 valence electrons. The number of fused-ring (bicyclic) bond motifs is 1. The molecule has 2 aromatic heterocycles. The summed E-state index contributed by atoms with van der Waals surface area (Å²) in [6.45, 7) is 0. The lowest BCUT2D eigenvalue weighted by molar-refractivity contribution is 1.21. The van der Waals surface area contributed by atoms with Gasteiger partial charge in [-0.25, -0.2) is 9.97 Å². The maximum atomic E-state index is 6.25. The van der Waals surface area contributed by atoms with Gasteiger partial charge in [-0.3, -0.25) is 4.98 Å². The van der Waals surface area contributed by atoms with Crippen molar-refractivity contribution in [2.75, 3.05) is 0 Å². The van der Waals surface area contributed by atoms with Crippen LogP contribution >= 0.6 is 15.9 Å². The second kappa shape index (κ2) is 7.28. The van der Waals surface area contributed by atoms with Gasteiger partial charge in [0.25, 0.3) is 0 Å².